The largest absolute Gasteiger partial charge is 0.296 e. The van der Waals surface area contributed by atoms with E-state index < -0.39 is 0 Å². The summed E-state index contributed by atoms with van der Waals surface area (Å²) in [5.74, 6) is 0.945. The molecule has 0 N–H and O–H groups in total. The van der Waals surface area contributed by atoms with E-state index in [4.69, 9.17) is 4.99 Å². The summed E-state index contributed by atoms with van der Waals surface area (Å²) in [6.07, 6.45) is 2.22. The van der Waals surface area contributed by atoms with Crippen LogP contribution in [0.4, 0.5) is 5.69 Å². The third-order valence-corrected chi connectivity index (χ3v) is 5.64. The highest BCUT2D eigenvalue weighted by molar-refractivity contribution is 6.00. The van der Waals surface area contributed by atoms with Crippen LogP contribution in [0.2, 0.25) is 0 Å². The number of hydrogen-bond acceptors (Lipinski definition) is 5. The van der Waals surface area contributed by atoms with E-state index in [0.29, 0.717) is 0 Å². The average molecular weight is 338 g/mol. The molecule has 6 heteroatoms. The highest BCUT2D eigenvalue weighted by atomic mass is 15.6. The molecular formula is C19H26N6. The van der Waals surface area contributed by atoms with Crippen LogP contribution in [0.15, 0.2) is 29.3 Å². The summed E-state index contributed by atoms with van der Waals surface area (Å²) in [5.41, 5.74) is 3.87. The van der Waals surface area contributed by atoms with Crippen LogP contribution < -0.4 is 0 Å². The highest BCUT2D eigenvalue weighted by Crippen LogP contribution is 2.46. The molecule has 1 fully saturated rings. The fraction of sp³-hybridized carbons (Fsp3) is 0.579. The lowest BCUT2D eigenvalue weighted by molar-refractivity contribution is 0.174. The van der Waals surface area contributed by atoms with Gasteiger partial charge in [-0.05, 0) is 75.7 Å². The van der Waals surface area contributed by atoms with Crippen molar-refractivity contribution in [3.63, 3.8) is 0 Å². The van der Waals surface area contributed by atoms with E-state index >= 15 is 0 Å². The van der Waals surface area contributed by atoms with Crippen molar-refractivity contribution < 1.29 is 0 Å². The molecule has 0 aliphatic carbocycles. The topological polar surface area (TPSA) is 59.2 Å². The van der Waals surface area contributed by atoms with E-state index in [0.717, 1.165) is 44.0 Å². The normalized spacial score (nSPS) is 19.9. The summed E-state index contributed by atoms with van der Waals surface area (Å²) in [7, 11) is 0. The molecular weight excluding hydrogens is 312 g/mol. The van der Waals surface area contributed by atoms with Gasteiger partial charge in [0, 0.05) is 11.1 Å². The number of aromatic nitrogens is 4. The van der Waals surface area contributed by atoms with Gasteiger partial charge < -0.3 is 0 Å². The van der Waals surface area contributed by atoms with Gasteiger partial charge in [0.1, 0.15) is 0 Å². The van der Waals surface area contributed by atoms with E-state index in [1.54, 1.807) is 0 Å². The third-order valence-electron chi connectivity index (χ3n) is 5.64. The van der Waals surface area contributed by atoms with Crippen molar-refractivity contribution in [2.24, 2.45) is 4.99 Å². The van der Waals surface area contributed by atoms with Gasteiger partial charge in [0.05, 0.1) is 17.8 Å². The molecule has 0 amide bonds. The van der Waals surface area contributed by atoms with Crippen molar-refractivity contribution in [1.29, 1.82) is 0 Å². The minimum atomic E-state index is -0.0938. The second-order valence-electron chi connectivity index (χ2n) is 8.25. The standard InChI is InChI=1S/C19H26N6/c1-14-19(15-7-5-6-8-16(15)20-14)9-11-24(12-10-19)13-17-21-22-23-25(17)18(2,3)4/h5-8H,9-13H2,1-4H3. The number of para-hydroxylation sites is 1. The van der Waals surface area contributed by atoms with E-state index in [1.165, 1.54) is 11.3 Å². The Kier molecular flexibility index (Phi) is 3.76. The number of hydrogen-bond donors (Lipinski definition) is 0. The van der Waals surface area contributed by atoms with Crippen LogP contribution in [0, 0.1) is 0 Å². The van der Waals surface area contributed by atoms with E-state index in [1.807, 2.05) is 4.68 Å². The van der Waals surface area contributed by atoms with Gasteiger partial charge in [-0.3, -0.25) is 9.89 Å². The summed E-state index contributed by atoms with van der Waals surface area (Å²) >= 11 is 0. The maximum Gasteiger partial charge on any atom is 0.165 e. The zero-order valence-electron chi connectivity index (χ0n) is 15.5. The highest BCUT2D eigenvalue weighted by Gasteiger charge is 2.43. The first-order valence-corrected chi connectivity index (χ1v) is 9.05. The van der Waals surface area contributed by atoms with Gasteiger partial charge in [0.25, 0.3) is 0 Å². The van der Waals surface area contributed by atoms with Gasteiger partial charge in [0.2, 0.25) is 0 Å². The lowest BCUT2D eigenvalue weighted by Crippen LogP contribution is -2.45. The Labute approximate surface area is 148 Å². The first kappa shape index (κ1) is 16.4. The lowest BCUT2D eigenvalue weighted by Gasteiger charge is -2.40. The van der Waals surface area contributed by atoms with Gasteiger partial charge in [-0.1, -0.05) is 18.2 Å². The van der Waals surface area contributed by atoms with Crippen LogP contribution in [0.5, 0.6) is 0 Å². The van der Waals surface area contributed by atoms with Gasteiger partial charge in [-0.2, -0.15) is 0 Å². The number of nitrogens with zero attached hydrogens (tertiary/aromatic N) is 6. The van der Waals surface area contributed by atoms with Crippen molar-refractivity contribution in [3.05, 3.63) is 35.7 Å². The summed E-state index contributed by atoms with van der Waals surface area (Å²) in [6, 6.07) is 8.61. The van der Waals surface area contributed by atoms with Crippen molar-refractivity contribution in [3.8, 4) is 0 Å². The van der Waals surface area contributed by atoms with Crippen molar-refractivity contribution in [1.82, 2.24) is 25.1 Å². The lowest BCUT2D eigenvalue weighted by atomic mass is 9.71. The number of rotatable bonds is 2. The molecule has 0 unspecified atom stereocenters. The Morgan fingerprint density at radius 3 is 2.56 bits per heavy atom. The third kappa shape index (κ3) is 2.68. The Morgan fingerprint density at radius 2 is 1.84 bits per heavy atom. The van der Waals surface area contributed by atoms with Gasteiger partial charge in [-0.15, -0.1) is 5.10 Å². The second kappa shape index (κ2) is 5.73. The molecule has 132 valence electrons. The molecule has 3 heterocycles. The summed E-state index contributed by atoms with van der Waals surface area (Å²) < 4.78 is 1.94. The van der Waals surface area contributed by atoms with Gasteiger partial charge in [-0.25, -0.2) is 4.68 Å². The quantitative estimate of drug-likeness (QED) is 0.844. The van der Waals surface area contributed by atoms with Crippen LogP contribution in [0.1, 0.15) is 51.9 Å². The monoisotopic (exact) mass is 338 g/mol. The smallest absolute Gasteiger partial charge is 0.165 e. The van der Waals surface area contributed by atoms with Crippen LogP contribution in [0.25, 0.3) is 0 Å². The van der Waals surface area contributed by atoms with Crippen LogP contribution in [-0.2, 0) is 17.5 Å². The van der Waals surface area contributed by atoms with Gasteiger partial charge in [0.15, 0.2) is 5.82 Å². The maximum atomic E-state index is 4.84. The van der Waals surface area contributed by atoms with Crippen molar-refractivity contribution >= 4 is 11.4 Å². The maximum absolute atomic E-state index is 4.84. The van der Waals surface area contributed by atoms with E-state index in [2.05, 4.69) is 72.4 Å². The number of likely N-dealkylation sites (tertiary alicyclic amines) is 1. The van der Waals surface area contributed by atoms with E-state index in [-0.39, 0.29) is 11.0 Å². The summed E-state index contributed by atoms with van der Waals surface area (Å²) in [6.45, 7) is 11.5. The molecule has 1 spiro atoms. The molecule has 25 heavy (non-hydrogen) atoms. The Bertz CT molecular complexity index is 805. The molecule has 2 aliphatic rings. The number of aliphatic imine (C=N–C) groups is 1. The number of tetrazole rings is 1. The fourth-order valence-electron chi connectivity index (χ4n) is 4.21. The Balaban J connectivity index is 1.50. The first-order valence-electron chi connectivity index (χ1n) is 9.05. The first-order chi connectivity index (χ1) is 11.9. The van der Waals surface area contributed by atoms with E-state index in [9.17, 15) is 0 Å². The predicted octanol–water partition coefficient (Wildman–Crippen LogP) is 3.07. The van der Waals surface area contributed by atoms with Gasteiger partial charge >= 0.3 is 0 Å². The van der Waals surface area contributed by atoms with Crippen LogP contribution >= 0.6 is 0 Å². The van der Waals surface area contributed by atoms with Crippen molar-refractivity contribution in [2.75, 3.05) is 13.1 Å². The SMILES string of the molecule is CC1=Nc2ccccc2C12CCN(Cc1nnnn1C(C)(C)C)CC2. The molecule has 1 saturated heterocycles. The minimum Gasteiger partial charge on any atom is -0.296 e. The molecule has 1 aromatic carbocycles. The van der Waals surface area contributed by atoms with Crippen LogP contribution in [0.3, 0.4) is 0 Å². The van der Waals surface area contributed by atoms with Crippen molar-refractivity contribution in [2.45, 2.75) is 58.0 Å². The zero-order chi connectivity index (χ0) is 17.7. The molecule has 0 atom stereocenters. The molecule has 1 aromatic heterocycles. The number of benzene rings is 1. The molecule has 0 radical (unpaired) electrons. The molecule has 2 aromatic rings. The summed E-state index contributed by atoms with van der Waals surface area (Å²) in [4.78, 5) is 7.30. The molecule has 2 aliphatic heterocycles. The average Bonchev–Trinajstić information content (AvgIpc) is 3.14. The Morgan fingerprint density at radius 1 is 1.12 bits per heavy atom. The second-order valence-corrected chi connectivity index (χ2v) is 8.25. The molecule has 0 saturated carbocycles. The summed E-state index contributed by atoms with van der Waals surface area (Å²) in [5, 5.41) is 12.3. The number of fused-ring (bicyclic) bond motifs is 2. The minimum absolute atomic E-state index is 0.0938. The predicted molar refractivity (Wildman–Crippen MR) is 98.2 cm³/mol. The fourth-order valence-corrected chi connectivity index (χ4v) is 4.21. The molecule has 4 rings (SSSR count). The molecule has 6 nitrogen and oxygen atoms in total. The Hall–Kier alpha value is -2.08. The number of piperidine rings is 1. The zero-order valence-corrected chi connectivity index (χ0v) is 15.5. The van der Waals surface area contributed by atoms with Crippen LogP contribution in [-0.4, -0.2) is 43.9 Å². The molecule has 0 bridgehead atoms.